The molecule has 3 fully saturated rings. The van der Waals surface area contributed by atoms with Gasteiger partial charge in [0.15, 0.2) is 5.65 Å². The number of ether oxygens (including phenoxy) is 1. The minimum absolute atomic E-state index is 0.00406. The van der Waals surface area contributed by atoms with E-state index in [1.54, 1.807) is 33.9 Å². The van der Waals surface area contributed by atoms with Gasteiger partial charge in [0.1, 0.15) is 12.1 Å². The molecule has 3 aliphatic heterocycles. The summed E-state index contributed by atoms with van der Waals surface area (Å²) < 4.78 is 49.5. The second kappa shape index (κ2) is 11.9. The van der Waals surface area contributed by atoms with Crippen LogP contribution in [0.4, 0.5) is 30.5 Å². The second-order valence-corrected chi connectivity index (χ2v) is 12.0. The maximum atomic E-state index is 13.2. The minimum atomic E-state index is -4.52. The van der Waals surface area contributed by atoms with E-state index in [2.05, 4.69) is 36.6 Å². The SMILES string of the molecule is N#CCC1(n2cc(C(F)(F)F)cn2)CN(c2cccn3nc(Nc4cnn(CC(=O)N5CCN(C6CCOCC6)CC5)c4)nc23)C1. The van der Waals surface area contributed by atoms with Crippen LogP contribution < -0.4 is 10.2 Å². The molecule has 0 spiro atoms. The van der Waals surface area contributed by atoms with Crippen LogP contribution in [-0.2, 0) is 27.8 Å². The van der Waals surface area contributed by atoms with E-state index in [9.17, 15) is 23.2 Å². The molecule has 1 N–H and O–H groups in total. The summed E-state index contributed by atoms with van der Waals surface area (Å²) >= 11 is 0. The lowest BCUT2D eigenvalue weighted by Crippen LogP contribution is -2.63. The Balaban J connectivity index is 0.978. The van der Waals surface area contributed by atoms with Crippen LogP contribution >= 0.6 is 0 Å². The third-order valence-corrected chi connectivity index (χ3v) is 9.02. The second-order valence-electron chi connectivity index (χ2n) is 12.0. The number of nitrogens with one attached hydrogen (secondary N) is 1. The third-order valence-electron chi connectivity index (χ3n) is 9.02. The highest BCUT2D eigenvalue weighted by atomic mass is 19.4. The van der Waals surface area contributed by atoms with Gasteiger partial charge in [-0.05, 0) is 25.0 Å². The van der Waals surface area contributed by atoms with E-state index in [1.165, 1.54) is 4.68 Å². The van der Waals surface area contributed by atoms with Gasteiger partial charge in [-0.1, -0.05) is 0 Å². The van der Waals surface area contributed by atoms with Crippen LogP contribution in [0.25, 0.3) is 5.65 Å². The first-order chi connectivity index (χ1) is 22.2. The first-order valence-electron chi connectivity index (χ1n) is 15.2. The summed E-state index contributed by atoms with van der Waals surface area (Å²) in [6.07, 6.45) is 4.39. The van der Waals surface area contributed by atoms with E-state index in [-0.39, 0.29) is 32.0 Å². The standard InChI is InChI=1S/C29H33F3N12O2/c30-29(31,32)21-14-35-44(16-21)28(5-6-33)19-41(20-28)24-2-1-7-43-26(24)37-27(38-43)36-22-15-34-42(17-22)18-25(45)40-10-8-39(9-11-40)23-3-12-46-13-4-23/h1-2,7,14-17,23H,3-5,8-13,18-20H2,(H,36,38). The molecule has 7 rings (SSSR count). The van der Waals surface area contributed by atoms with Crippen LogP contribution in [0.5, 0.6) is 0 Å². The zero-order chi connectivity index (χ0) is 31.9. The number of rotatable bonds is 8. The van der Waals surface area contributed by atoms with Crippen molar-refractivity contribution in [2.75, 3.05) is 62.7 Å². The fourth-order valence-corrected chi connectivity index (χ4v) is 6.51. The van der Waals surface area contributed by atoms with Crippen LogP contribution in [0, 0.1) is 11.3 Å². The average Bonchev–Trinajstić information content (AvgIpc) is 3.80. The molecule has 0 aliphatic carbocycles. The number of amides is 1. The number of aromatic nitrogens is 7. The Morgan fingerprint density at radius 2 is 1.89 bits per heavy atom. The number of carbonyl (C=O) groups is 1. The molecule has 14 nitrogen and oxygen atoms in total. The number of carbonyl (C=O) groups excluding carboxylic acids is 1. The van der Waals surface area contributed by atoms with Gasteiger partial charge in [0.05, 0.1) is 41.8 Å². The molecule has 4 aromatic rings. The molecule has 0 atom stereocenters. The molecule has 46 heavy (non-hydrogen) atoms. The molecule has 3 aliphatic rings. The highest BCUT2D eigenvalue weighted by Crippen LogP contribution is 2.39. The zero-order valence-electron chi connectivity index (χ0n) is 25.0. The molecule has 0 aromatic carbocycles. The van der Waals surface area contributed by atoms with Crippen molar-refractivity contribution in [1.82, 2.24) is 44.0 Å². The van der Waals surface area contributed by atoms with E-state index in [0.29, 0.717) is 36.4 Å². The Bertz CT molecular complexity index is 1740. The van der Waals surface area contributed by atoms with E-state index in [1.807, 2.05) is 15.9 Å². The van der Waals surface area contributed by atoms with Crippen molar-refractivity contribution in [2.45, 2.75) is 43.6 Å². The molecule has 0 bridgehead atoms. The highest BCUT2D eigenvalue weighted by molar-refractivity contribution is 5.76. The van der Waals surface area contributed by atoms with Crippen molar-refractivity contribution in [3.8, 4) is 6.07 Å². The van der Waals surface area contributed by atoms with Gasteiger partial charge in [-0.15, -0.1) is 5.10 Å². The molecule has 1 amide bonds. The third kappa shape index (κ3) is 5.85. The van der Waals surface area contributed by atoms with Gasteiger partial charge in [-0.3, -0.25) is 19.1 Å². The first kappa shape index (κ1) is 30.0. The van der Waals surface area contributed by atoms with E-state index < -0.39 is 17.3 Å². The molecular weight excluding hydrogens is 605 g/mol. The number of hydrogen-bond acceptors (Lipinski definition) is 10. The molecule has 7 heterocycles. The summed E-state index contributed by atoms with van der Waals surface area (Å²) in [5.41, 5.74) is 0.129. The predicted molar refractivity (Wildman–Crippen MR) is 158 cm³/mol. The lowest BCUT2D eigenvalue weighted by molar-refractivity contribution is -0.137. The van der Waals surface area contributed by atoms with Crippen LogP contribution in [0.2, 0.25) is 0 Å². The van der Waals surface area contributed by atoms with Crippen LogP contribution in [0.3, 0.4) is 0 Å². The molecule has 0 radical (unpaired) electrons. The predicted octanol–water partition coefficient (Wildman–Crippen LogP) is 2.34. The number of anilines is 3. The van der Waals surface area contributed by atoms with Gasteiger partial charge >= 0.3 is 6.18 Å². The average molecular weight is 639 g/mol. The number of nitrogens with zero attached hydrogens (tertiary/aromatic N) is 11. The number of alkyl halides is 3. The van der Waals surface area contributed by atoms with Gasteiger partial charge in [0.2, 0.25) is 11.9 Å². The first-order valence-corrected chi connectivity index (χ1v) is 15.2. The smallest absolute Gasteiger partial charge is 0.381 e. The van der Waals surface area contributed by atoms with Crippen LogP contribution in [0.1, 0.15) is 24.8 Å². The summed E-state index contributed by atoms with van der Waals surface area (Å²) in [5.74, 6) is 0.330. The van der Waals surface area contributed by atoms with E-state index in [4.69, 9.17) is 4.74 Å². The number of pyridine rings is 1. The topological polar surface area (TPSA) is 138 Å². The molecule has 0 saturated carbocycles. The zero-order valence-corrected chi connectivity index (χ0v) is 25.0. The number of hydrogen-bond donors (Lipinski definition) is 1. The summed E-state index contributed by atoms with van der Waals surface area (Å²) in [4.78, 5) is 23.9. The monoisotopic (exact) mass is 638 g/mol. The van der Waals surface area contributed by atoms with Gasteiger partial charge in [0.25, 0.3) is 0 Å². The summed E-state index contributed by atoms with van der Waals surface area (Å²) in [7, 11) is 0. The fourth-order valence-electron chi connectivity index (χ4n) is 6.51. The normalized spacial score (nSPS) is 19.3. The van der Waals surface area contributed by atoms with Crippen molar-refractivity contribution in [2.24, 2.45) is 0 Å². The lowest BCUT2D eigenvalue weighted by atomic mass is 9.86. The Hall–Kier alpha value is -4.69. The Morgan fingerprint density at radius 3 is 2.61 bits per heavy atom. The summed E-state index contributed by atoms with van der Waals surface area (Å²) in [6, 6.07) is 6.28. The lowest BCUT2D eigenvalue weighted by Gasteiger charge is -2.50. The van der Waals surface area contributed by atoms with Crippen molar-refractivity contribution in [3.63, 3.8) is 0 Å². The maximum absolute atomic E-state index is 13.2. The largest absolute Gasteiger partial charge is 0.419 e. The van der Waals surface area contributed by atoms with Crippen LogP contribution in [0.15, 0.2) is 43.1 Å². The highest BCUT2D eigenvalue weighted by Gasteiger charge is 2.47. The van der Waals surface area contributed by atoms with Crippen molar-refractivity contribution in [3.05, 3.63) is 48.7 Å². The van der Waals surface area contributed by atoms with Gasteiger partial charge < -0.3 is 19.9 Å². The molecule has 17 heteroatoms. The maximum Gasteiger partial charge on any atom is 0.419 e. The molecule has 242 valence electrons. The van der Waals surface area contributed by atoms with E-state index in [0.717, 1.165) is 57.2 Å². The Kier molecular flexibility index (Phi) is 7.77. The number of halogens is 3. The van der Waals surface area contributed by atoms with Gasteiger partial charge in [-0.25, -0.2) is 4.52 Å². The summed E-state index contributed by atoms with van der Waals surface area (Å²) in [5, 5.41) is 25.4. The van der Waals surface area contributed by atoms with Gasteiger partial charge in [-0.2, -0.15) is 33.6 Å². The van der Waals surface area contributed by atoms with E-state index >= 15 is 0 Å². The number of fused-ring (bicyclic) bond motifs is 1. The summed E-state index contributed by atoms with van der Waals surface area (Å²) in [6.45, 7) is 5.41. The fraction of sp³-hybridized carbons (Fsp3) is 0.517. The molecular formula is C29H33F3N12O2. The van der Waals surface area contributed by atoms with Crippen molar-refractivity contribution < 1.29 is 22.7 Å². The quantitative estimate of drug-likeness (QED) is 0.306. The van der Waals surface area contributed by atoms with Crippen LogP contribution in [-0.4, -0.2) is 108 Å². The molecule has 0 unspecified atom stereocenters. The van der Waals surface area contributed by atoms with Gasteiger partial charge in [0, 0.05) is 77.1 Å². The Morgan fingerprint density at radius 1 is 1.11 bits per heavy atom. The minimum Gasteiger partial charge on any atom is -0.381 e. The number of piperazine rings is 1. The van der Waals surface area contributed by atoms with Crippen molar-refractivity contribution in [1.29, 1.82) is 5.26 Å². The molecule has 4 aromatic heterocycles. The van der Waals surface area contributed by atoms with Crippen molar-refractivity contribution >= 4 is 28.9 Å². The number of nitriles is 1. The molecule has 3 saturated heterocycles. The Labute approximate surface area is 261 Å².